The van der Waals surface area contributed by atoms with Gasteiger partial charge in [0.25, 0.3) is 5.91 Å². The number of hydrogen-bond acceptors (Lipinski definition) is 17. The van der Waals surface area contributed by atoms with E-state index in [1.165, 1.54) is 28.1 Å². The van der Waals surface area contributed by atoms with Crippen molar-refractivity contribution in [2.45, 2.75) is 199 Å². The van der Waals surface area contributed by atoms with Gasteiger partial charge in [-0.05, 0) is 93.1 Å². The molecule has 6 N–H and O–H groups in total. The molecule has 2 aromatic rings. The minimum atomic E-state index is -2.03. The Morgan fingerprint density at radius 2 is 1.57 bits per heavy atom. The van der Waals surface area contributed by atoms with Crippen molar-refractivity contribution in [3.05, 3.63) is 29.6 Å². The number of aromatic amines is 1. The van der Waals surface area contributed by atoms with Crippen LogP contribution in [0.3, 0.4) is 0 Å². The number of carbonyl (C=O) groups is 4. The third-order valence-electron chi connectivity index (χ3n) is 15.0. The van der Waals surface area contributed by atoms with E-state index in [-0.39, 0.29) is 48.7 Å². The summed E-state index contributed by atoms with van der Waals surface area (Å²) < 4.78 is 50.8. The van der Waals surface area contributed by atoms with E-state index in [4.69, 9.17) is 37.9 Å². The predicted molar refractivity (Wildman–Crippen MR) is 256 cm³/mol. The maximum absolute atomic E-state index is 14.5. The first-order chi connectivity index (χ1) is 32.6. The number of aromatic nitrogens is 2. The number of amides is 2. The molecule has 4 heterocycles. The zero-order valence-electron chi connectivity index (χ0n) is 43.9. The number of H-pyrrole nitrogens is 1. The lowest BCUT2D eigenvalue weighted by Gasteiger charge is -2.50. The second kappa shape index (κ2) is 22.9. The van der Waals surface area contributed by atoms with Crippen LogP contribution in [-0.2, 0) is 47.5 Å². The first-order valence-corrected chi connectivity index (χ1v) is 24.6. The minimum Gasteiger partial charge on any atom is -0.459 e. The van der Waals surface area contributed by atoms with Gasteiger partial charge < -0.3 is 63.1 Å². The molecule has 3 aliphatic rings. The molecular formula is C50H81N5O15. The Kier molecular flexibility index (Phi) is 18.7. The number of nitrogens with zero attached hydrogens (tertiary/aromatic N) is 2. The third kappa shape index (κ3) is 12.3. The molecule has 3 saturated heterocycles. The Morgan fingerprint density at radius 1 is 0.929 bits per heavy atom. The summed E-state index contributed by atoms with van der Waals surface area (Å²) >= 11 is 0. The molecule has 0 aliphatic carbocycles. The summed E-state index contributed by atoms with van der Waals surface area (Å²) in [6.45, 7) is 20.8. The van der Waals surface area contributed by atoms with Crippen molar-refractivity contribution in [1.82, 2.24) is 25.7 Å². The summed E-state index contributed by atoms with van der Waals surface area (Å²) in [5, 5.41) is 35.2. The molecule has 20 nitrogen and oxygen atoms in total. The van der Waals surface area contributed by atoms with Crippen LogP contribution in [0.5, 0.6) is 0 Å². The van der Waals surface area contributed by atoms with Crippen LogP contribution in [0.25, 0.3) is 11.0 Å². The summed E-state index contributed by atoms with van der Waals surface area (Å²) in [6.07, 6.45) is -11.1. The number of aliphatic hydroxyl groups is 3. The van der Waals surface area contributed by atoms with Gasteiger partial charge in [-0.25, -0.2) is 15.2 Å². The van der Waals surface area contributed by atoms with Gasteiger partial charge in [0.15, 0.2) is 18.7 Å². The van der Waals surface area contributed by atoms with Gasteiger partial charge >= 0.3 is 12.1 Å². The number of ketones is 1. The molecule has 2 amide bonds. The average molecular weight is 992 g/mol. The van der Waals surface area contributed by atoms with Crippen molar-refractivity contribution in [3.8, 4) is 0 Å². The molecule has 0 spiro atoms. The van der Waals surface area contributed by atoms with Gasteiger partial charge in [0.2, 0.25) is 0 Å². The number of aliphatic hydroxyl groups excluding tert-OH is 2. The van der Waals surface area contributed by atoms with Crippen LogP contribution in [0.2, 0.25) is 0 Å². The lowest BCUT2D eigenvalue weighted by molar-refractivity contribution is -0.319. The zero-order chi connectivity index (χ0) is 52.4. The predicted octanol–water partition coefficient (Wildman–Crippen LogP) is 4.52. The summed E-state index contributed by atoms with van der Waals surface area (Å²) in [7, 11) is 6.65. The number of nitrogens with one attached hydrogen (secondary N) is 3. The highest BCUT2D eigenvalue weighted by molar-refractivity contribution is 5.98. The fourth-order valence-corrected chi connectivity index (χ4v) is 10.6. The van der Waals surface area contributed by atoms with Gasteiger partial charge in [0, 0.05) is 55.9 Å². The van der Waals surface area contributed by atoms with Crippen LogP contribution in [0.15, 0.2) is 18.2 Å². The van der Waals surface area contributed by atoms with Gasteiger partial charge in [-0.2, -0.15) is 0 Å². The Bertz CT molecular complexity index is 2120. The number of benzene rings is 1. The van der Waals surface area contributed by atoms with Crippen LogP contribution in [0.1, 0.15) is 131 Å². The summed E-state index contributed by atoms with van der Waals surface area (Å²) in [6, 6.07) is 4.60. The Balaban J connectivity index is 1.46. The van der Waals surface area contributed by atoms with E-state index in [0.717, 1.165) is 5.82 Å². The number of Topliss-reactive ketones (excluding diaryl/α,β-unsaturated/α-hetero) is 1. The molecule has 3 aliphatic heterocycles. The van der Waals surface area contributed by atoms with Crippen LogP contribution in [0, 0.1) is 23.7 Å². The number of likely N-dealkylation sites (N-methyl/N-ethyl adjacent to an activating group) is 1. The molecule has 70 heavy (non-hydrogen) atoms. The number of methoxy groups -OCH3 is 2. The molecule has 396 valence electrons. The Hall–Kier alpha value is -3.83. The molecule has 1 aromatic heterocycles. The first kappa shape index (κ1) is 57.1. The van der Waals surface area contributed by atoms with Crippen LogP contribution < -0.4 is 10.9 Å². The second-order valence-corrected chi connectivity index (χ2v) is 21.1. The van der Waals surface area contributed by atoms with E-state index in [1.54, 1.807) is 66.7 Å². The normalized spacial score (nSPS) is 39.4. The number of carbonyl (C=O) groups excluding carboxylic acids is 4. The van der Waals surface area contributed by atoms with Crippen LogP contribution in [0.4, 0.5) is 4.79 Å². The molecule has 18 atom stereocenters. The molecule has 0 radical (unpaired) electrons. The van der Waals surface area contributed by atoms with Crippen molar-refractivity contribution in [1.29, 1.82) is 0 Å². The number of esters is 1. The highest BCUT2D eigenvalue weighted by Gasteiger charge is 2.55. The highest BCUT2D eigenvalue weighted by Crippen LogP contribution is 2.42. The van der Waals surface area contributed by atoms with Crippen LogP contribution in [-0.4, -0.2) is 167 Å². The van der Waals surface area contributed by atoms with E-state index in [2.05, 4.69) is 20.8 Å². The number of hydrogen-bond donors (Lipinski definition) is 6. The summed E-state index contributed by atoms with van der Waals surface area (Å²) in [5.74, 6) is -4.57. The molecule has 0 saturated carbocycles. The number of fused-ring (bicyclic) bond motifs is 1. The lowest BCUT2D eigenvalue weighted by atomic mass is 9.74. The summed E-state index contributed by atoms with van der Waals surface area (Å²) in [5.41, 5.74) is 1.71. The topological polar surface area (TPSA) is 259 Å². The van der Waals surface area contributed by atoms with Gasteiger partial charge in [-0.3, -0.25) is 19.8 Å². The van der Waals surface area contributed by atoms with Crippen molar-refractivity contribution >= 4 is 34.8 Å². The van der Waals surface area contributed by atoms with E-state index >= 15 is 0 Å². The molecule has 5 rings (SSSR count). The van der Waals surface area contributed by atoms with Crippen molar-refractivity contribution < 1.29 is 72.4 Å². The third-order valence-corrected chi connectivity index (χ3v) is 15.0. The van der Waals surface area contributed by atoms with Gasteiger partial charge in [-0.1, -0.05) is 41.5 Å². The monoisotopic (exact) mass is 992 g/mol. The van der Waals surface area contributed by atoms with Crippen molar-refractivity contribution in [2.75, 3.05) is 28.3 Å². The largest absolute Gasteiger partial charge is 0.459 e. The molecule has 0 unspecified atom stereocenters. The number of rotatable bonds is 11. The van der Waals surface area contributed by atoms with Gasteiger partial charge in [0.05, 0.1) is 53.1 Å². The van der Waals surface area contributed by atoms with Crippen molar-refractivity contribution in [2.24, 2.45) is 23.7 Å². The second-order valence-electron chi connectivity index (χ2n) is 21.1. The standard InChI is InChI=1S/C50H81N5O15/c1-17-35-50(12,62)40(58)27(6)37(56)25(4)22-48(10,63-15)41(69-46-38(57)34(55(13)14)20-26(5)65-46)28(7)39(29(8)45(60)67-35)68-36-23-49(11,64-16)42(30(9)66-36)70-47(61)54-53-44(59)31-18-19-32-33(21-31)52-43(51-32)24(2)3/h18-19,21,24-30,34-36,38-42,46,57-58,62H,17,20,22-23H2,1-16H3,(H,51,52)(H,53,59)(H,54,61)/t25-,26-,27+,28+,29-,30+,34+,35-,36+,38-,39+,40-,41-,42+,46+,48+,49-,50-/m1/s1. The maximum atomic E-state index is 14.5. The van der Waals surface area contributed by atoms with E-state index in [1.807, 2.05) is 39.8 Å². The van der Waals surface area contributed by atoms with E-state index < -0.39 is 114 Å². The SMILES string of the molecule is CC[C@H]1OC(=O)[C@H](C)[C@@H](O[C@H]2C[C@@](C)(OC)[C@@H](OC(=O)NNC(=O)c3ccc4nc(C(C)C)[nH]c4c3)[C@H](C)O2)[C@H](C)[C@@H](O[C@@H]2O[C@H](C)C[C@H](N(C)C)[C@H]2O)[C@@](C)(OC)C[C@@H](C)C(=O)[C@H](C)[C@@H](O)[C@]1(C)O. The number of imidazole rings is 1. The van der Waals surface area contributed by atoms with Crippen molar-refractivity contribution in [3.63, 3.8) is 0 Å². The van der Waals surface area contributed by atoms with Gasteiger partial charge in [-0.15, -0.1) is 0 Å². The number of hydrazine groups is 1. The molecule has 0 bridgehead atoms. The fraction of sp³-hybridized carbons (Fsp3) is 0.780. The number of cyclic esters (lactones) is 1. The Morgan fingerprint density at radius 3 is 2.17 bits per heavy atom. The quantitative estimate of drug-likeness (QED) is 0.134. The van der Waals surface area contributed by atoms with E-state index in [0.29, 0.717) is 17.5 Å². The summed E-state index contributed by atoms with van der Waals surface area (Å²) in [4.78, 5) is 64.8. The number of ether oxygens (including phenoxy) is 8. The lowest BCUT2D eigenvalue weighted by Crippen LogP contribution is -2.62. The molecular weight excluding hydrogens is 911 g/mol. The fourth-order valence-electron chi connectivity index (χ4n) is 10.6. The first-order valence-electron chi connectivity index (χ1n) is 24.6. The average Bonchev–Trinajstić information content (AvgIpc) is 3.75. The Labute approximate surface area is 412 Å². The molecule has 1 aromatic carbocycles. The smallest absolute Gasteiger partial charge is 0.426 e. The van der Waals surface area contributed by atoms with Crippen LogP contribution >= 0.6 is 0 Å². The highest BCUT2D eigenvalue weighted by atomic mass is 16.7. The zero-order valence-corrected chi connectivity index (χ0v) is 43.9. The molecule has 20 heteroatoms. The molecule has 3 fully saturated rings. The maximum Gasteiger partial charge on any atom is 0.426 e. The van der Waals surface area contributed by atoms with Gasteiger partial charge in [0.1, 0.15) is 35.0 Å². The van der Waals surface area contributed by atoms with E-state index in [9.17, 15) is 34.5 Å². The minimum absolute atomic E-state index is 0.0346.